The van der Waals surface area contributed by atoms with Gasteiger partial charge in [0.25, 0.3) is 5.91 Å². The van der Waals surface area contributed by atoms with Crippen molar-refractivity contribution in [2.75, 3.05) is 26.2 Å². The van der Waals surface area contributed by atoms with Gasteiger partial charge in [0.1, 0.15) is 0 Å². The van der Waals surface area contributed by atoms with Crippen molar-refractivity contribution in [3.63, 3.8) is 0 Å². The number of aryl methyl sites for hydroxylation is 1. The lowest BCUT2D eigenvalue weighted by molar-refractivity contribution is 0.0789. The van der Waals surface area contributed by atoms with Crippen LogP contribution >= 0.6 is 0 Å². The number of rotatable bonds is 4. The van der Waals surface area contributed by atoms with Gasteiger partial charge in [-0.2, -0.15) is 5.10 Å². The third-order valence-corrected chi connectivity index (χ3v) is 6.79. The highest BCUT2D eigenvalue weighted by Gasteiger charge is 2.37. The van der Waals surface area contributed by atoms with Crippen molar-refractivity contribution < 1.29 is 4.79 Å². The maximum absolute atomic E-state index is 13.4. The Morgan fingerprint density at radius 1 is 1.07 bits per heavy atom. The summed E-state index contributed by atoms with van der Waals surface area (Å²) in [5.74, 6) is 1.18. The SMILES string of the molecule is Cc1ccccc1[C@@H]1CCN(C(=O)c2cnn(C3CCNCC3)c2C2CC2)C1. The molecule has 1 saturated carbocycles. The van der Waals surface area contributed by atoms with E-state index in [1.165, 1.54) is 29.7 Å². The zero-order chi connectivity index (χ0) is 19.1. The molecule has 3 aliphatic rings. The first-order valence-electron chi connectivity index (χ1n) is 10.9. The summed E-state index contributed by atoms with van der Waals surface area (Å²) in [6, 6.07) is 9.04. The van der Waals surface area contributed by atoms with Crippen molar-refractivity contribution in [2.24, 2.45) is 0 Å². The van der Waals surface area contributed by atoms with Crippen LogP contribution in [0.5, 0.6) is 0 Å². The Bertz CT molecular complexity index is 863. The fourth-order valence-corrected chi connectivity index (χ4v) is 5.06. The second-order valence-corrected chi connectivity index (χ2v) is 8.74. The quantitative estimate of drug-likeness (QED) is 0.884. The molecule has 2 aromatic rings. The van der Waals surface area contributed by atoms with E-state index in [-0.39, 0.29) is 5.91 Å². The number of hydrogen-bond donors (Lipinski definition) is 1. The second kappa shape index (κ2) is 7.36. The van der Waals surface area contributed by atoms with E-state index in [2.05, 4.69) is 46.1 Å². The minimum Gasteiger partial charge on any atom is -0.338 e. The fourth-order valence-electron chi connectivity index (χ4n) is 5.06. The van der Waals surface area contributed by atoms with Gasteiger partial charge in [-0.3, -0.25) is 9.48 Å². The first-order valence-corrected chi connectivity index (χ1v) is 10.9. The molecule has 5 heteroatoms. The molecule has 1 N–H and O–H groups in total. The minimum absolute atomic E-state index is 0.193. The van der Waals surface area contributed by atoms with Gasteiger partial charge < -0.3 is 10.2 Å². The Morgan fingerprint density at radius 2 is 1.86 bits per heavy atom. The number of amides is 1. The number of carbonyl (C=O) groups is 1. The summed E-state index contributed by atoms with van der Waals surface area (Å²) >= 11 is 0. The smallest absolute Gasteiger partial charge is 0.257 e. The van der Waals surface area contributed by atoms with Crippen LogP contribution in [-0.4, -0.2) is 46.8 Å². The predicted octanol–water partition coefficient (Wildman–Crippen LogP) is 3.62. The fraction of sp³-hybridized carbons (Fsp3) is 0.565. The lowest BCUT2D eigenvalue weighted by atomic mass is 9.94. The summed E-state index contributed by atoms with van der Waals surface area (Å²) in [5, 5.41) is 8.16. The van der Waals surface area contributed by atoms with Gasteiger partial charge in [-0.05, 0) is 63.2 Å². The summed E-state index contributed by atoms with van der Waals surface area (Å²) in [7, 11) is 0. The highest BCUT2D eigenvalue weighted by molar-refractivity contribution is 5.95. The molecule has 1 atom stereocenters. The molecule has 1 amide bonds. The van der Waals surface area contributed by atoms with Crippen molar-refractivity contribution in [2.45, 2.75) is 56.9 Å². The van der Waals surface area contributed by atoms with E-state index in [1.807, 2.05) is 6.20 Å². The monoisotopic (exact) mass is 378 g/mol. The molecule has 2 aliphatic heterocycles. The van der Waals surface area contributed by atoms with E-state index in [0.717, 1.165) is 51.0 Å². The molecule has 1 aromatic heterocycles. The number of carbonyl (C=O) groups excluding carboxylic acids is 1. The first kappa shape index (κ1) is 17.9. The molecular formula is C23H30N4O. The Balaban J connectivity index is 1.37. The molecule has 0 radical (unpaired) electrons. The zero-order valence-corrected chi connectivity index (χ0v) is 16.7. The van der Waals surface area contributed by atoms with Crippen LogP contribution < -0.4 is 5.32 Å². The van der Waals surface area contributed by atoms with Crippen LogP contribution in [0.2, 0.25) is 0 Å². The number of hydrogen-bond acceptors (Lipinski definition) is 3. The molecule has 148 valence electrons. The maximum Gasteiger partial charge on any atom is 0.257 e. The third-order valence-electron chi connectivity index (χ3n) is 6.79. The van der Waals surface area contributed by atoms with Crippen LogP contribution in [0.1, 0.15) is 77.2 Å². The molecule has 2 saturated heterocycles. The Morgan fingerprint density at radius 3 is 2.61 bits per heavy atom. The molecule has 5 rings (SSSR count). The minimum atomic E-state index is 0.193. The van der Waals surface area contributed by atoms with E-state index < -0.39 is 0 Å². The molecule has 0 bridgehead atoms. The zero-order valence-electron chi connectivity index (χ0n) is 16.7. The van der Waals surface area contributed by atoms with Crippen molar-refractivity contribution in [3.8, 4) is 0 Å². The molecule has 1 aliphatic carbocycles. The van der Waals surface area contributed by atoms with Gasteiger partial charge in [-0.1, -0.05) is 24.3 Å². The van der Waals surface area contributed by atoms with E-state index in [4.69, 9.17) is 5.10 Å². The van der Waals surface area contributed by atoms with Crippen molar-refractivity contribution in [1.29, 1.82) is 0 Å². The largest absolute Gasteiger partial charge is 0.338 e. The molecule has 28 heavy (non-hydrogen) atoms. The average molecular weight is 379 g/mol. The normalized spacial score (nSPS) is 23.3. The first-order chi connectivity index (χ1) is 13.7. The molecule has 5 nitrogen and oxygen atoms in total. The number of likely N-dealkylation sites (tertiary alicyclic amines) is 1. The highest BCUT2D eigenvalue weighted by atomic mass is 16.2. The summed E-state index contributed by atoms with van der Waals surface area (Å²) in [6.45, 7) is 5.94. The Hall–Kier alpha value is -2.14. The Kier molecular flexibility index (Phi) is 4.71. The van der Waals surface area contributed by atoms with Gasteiger partial charge in [0.2, 0.25) is 0 Å². The van der Waals surface area contributed by atoms with Gasteiger partial charge in [-0.25, -0.2) is 0 Å². The van der Waals surface area contributed by atoms with Crippen molar-refractivity contribution in [3.05, 3.63) is 52.8 Å². The summed E-state index contributed by atoms with van der Waals surface area (Å²) in [5.41, 5.74) is 4.81. The van der Waals surface area contributed by atoms with Gasteiger partial charge >= 0.3 is 0 Å². The van der Waals surface area contributed by atoms with E-state index in [9.17, 15) is 4.79 Å². The second-order valence-electron chi connectivity index (χ2n) is 8.74. The molecule has 0 unspecified atom stereocenters. The number of piperidine rings is 1. The average Bonchev–Trinajstić information content (AvgIpc) is 3.28. The number of benzene rings is 1. The van der Waals surface area contributed by atoms with E-state index >= 15 is 0 Å². The molecule has 1 aromatic carbocycles. The van der Waals surface area contributed by atoms with Crippen LogP contribution in [0.25, 0.3) is 0 Å². The maximum atomic E-state index is 13.4. The van der Waals surface area contributed by atoms with Gasteiger partial charge in [0, 0.05) is 24.9 Å². The standard InChI is InChI=1S/C23H30N4O/c1-16-4-2-3-5-20(16)18-10-13-26(15-18)23(28)21-14-25-27(22(21)17-6-7-17)19-8-11-24-12-9-19/h2-5,14,17-19,24H,6-13,15H2,1H3/t18-/m1/s1. The topological polar surface area (TPSA) is 50.2 Å². The number of nitrogens with one attached hydrogen (secondary N) is 1. The number of nitrogens with zero attached hydrogens (tertiary/aromatic N) is 3. The van der Waals surface area contributed by atoms with E-state index in [1.54, 1.807) is 0 Å². The molecule has 3 heterocycles. The Labute approximate surface area is 167 Å². The van der Waals surface area contributed by atoms with E-state index in [0.29, 0.717) is 17.9 Å². The van der Waals surface area contributed by atoms with Crippen molar-refractivity contribution >= 4 is 5.91 Å². The molecule has 3 fully saturated rings. The summed E-state index contributed by atoms with van der Waals surface area (Å²) in [6.07, 6.45) is 7.52. The summed E-state index contributed by atoms with van der Waals surface area (Å²) in [4.78, 5) is 15.5. The molecule has 0 spiro atoms. The third kappa shape index (κ3) is 3.26. The van der Waals surface area contributed by atoms with Gasteiger partial charge in [-0.15, -0.1) is 0 Å². The van der Waals surface area contributed by atoms with Crippen LogP contribution in [-0.2, 0) is 0 Å². The van der Waals surface area contributed by atoms with Crippen LogP contribution in [0.15, 0.2) is 30.5 Å². The summed E-state index contributed by atoms with van der Waals surface area (Å²) < 4.78 is 2.21. The van der Waals surface area contributed by atoms with Crippen molar-refractivity contribution in [1.82, 2.24) is 20.0 Å². The van der Waals surface area contributed by atoms with Gasteiger partial charge in [0.15, 0.2) is 0 Å². The predicted molar refractivity (Wildman–Crippen MR) is 110 cm³/mol. The van der Waals surface area contributed by atoms with Gasteiger partial charge in [0.05, 0.1) is 23.5 Å². The number of aromatic nitrogens is 2. The van der Waals surface area contributed by atoms with Crippen LogP contribution in [0.3, 0.4) is 0 Å². The lowest BCUT2D eigenvalue weighted by Gasteiger charge is -2.25. The van der Waals surface area contributed by atoms with Crippen LogP contribution in [0, 0.1) is 6.92 Å². The lowest BCUT2D eigenvalue weighted by Crippen LogP contribution is -2.31. The highest BCUT2D eigenvalue weighted by Crippen LogP contribution is 2.44. The van der Waals surface area contributed by atoms with Crippen LogP contribution in [0.4, 0.5) is 0 Å². The molecular weight excluding hydrogens is 348 g/mol.